The van der Waals surface area contributed by atoms with Crippen molar-refractivity contribution in [3.05, 3.63) is 27.7 Å². The van der Waals surface area contributed by atoms with E-state index in [4.69, 9.17) is 4.42 Å². The Balaban J connectivity index is 1.84. The molecule has 1 heterocycles. The number of carbonyl (C=O) groups is 1. The molecule has 0 aliphatic heterocycles. The standard InChI is InChI=1S/C12H14INO2/c1-8(9-2-3-9)14-12(15)7-5-10-4-6-11(13)16-10/h4-9H,2-3H2,1H3,(H,14,15). The summed E-state index contributed by atoms with van der Waals surface area (Å²) < 4.78 is 6.14. The molecule has 1 atom stereocenters. The van der Waals surface area contributed by atoms with Crippen molar-refractivity contribution in [1.82, 2.24) is 5.32 Å². The highest BCUT2D eigenvalue weighted by atomic mass is 127. The lowest BCUT2D eigenvalue weighted by Gasteiger charge is -2.09. The van der Waals surface area contributed by atoms with Gasteiger partial charge in [-0.3, -0.25) is 4.79 Å². The maximum absolute atomic E-state index is 11.5. The summed E-state index contributed by atoms with van der Waals surface area (Å²) >= 11 is 2.09. The summed E-state index contributed by atoms with van der Waals surface area (Å²) in [6.45, 7) is 2.05. The third-order valence-electron chi connectivity index (χ3n) is 2.69. The third kappa shape index (κ3) is 3.37. The molecule has 1 fully saturated rings. The van der Waals surface area contributed by atoms with Crippen molar-refractivity contribution < 1.29 is 9.21 Å². The quantitative estimate of drug-likeness (QED) is 0.681. The van der Waals surface area contributed by atoms with Crippen LogP contribution in [-0.2, 0) is 4.79 Å². The molecule has 1 saturated carbocycles. The first-order chi connectivity index (χ1) is 7.65. The van der Waals surface area contributed by atoms with Gasteiger partial charge in [0.25, 0.3) is 0 Å². The first kappa shape index (κ1) is 11.7. The van der Waals surface area contributed by atoms with Crippen molar-refractivity contribution in [1.29, 1.82) is 0 Å². The molecule has 1 aromatic heterocycles. The van der Waals surface area contributed by atoms with Crippen molar-refractivity contribution in [2.45, 2.75) is 25.8 Å². The molecule has 0 bridgehead atoms. The minimum absolute atomic E-state index is 0.0502. The van der Waals surface area contributed by atoms with E-state index in [2.05, 4.69) is 34.8 Å². The molecule has 0 radical (unpaired) electrons. The Kier molecular flexibility index (Phi) is 3.68. The number of halogens is 1. The summed E-state index contributed by atoms with van der Waals surface area (Å²) in [5.74, 6) is 1.34. The Labute approximate surface area is 108 Å². The van der Waals surface area contributed by atoms with E-state index in [0.717, 1.165) is 3.77 Å². The Morgan fingerprint density at radius 1 is 1.62 bits per heavy atom. The van der Waals surface area contributed by atoms with Gasteiger partial charge < -0.3 is 9.73 Å². The Morgan fingerprint density at radius 3 is 2.94 bits per heavy atom. The molecule has 16 heavy (non-hydrogen) atoms. The molecular formula is C12H14INO2. The molecule has 2 rings (SSSR count). The second-order valence-electron chi connectivity index (χ2n) is 4.11. The summed E-state index contributed by atoms with van der Waals surface area (Å²) in [6, 6.07) is 4.00. The van der Waals surface area contributed by atoms with E-state index in [1.54, 1.807) is 6.08 Å². The van der Waals surface area contributed by atoms with Crippen LogP contribution in [0.2, 0.25) is 0 Å². The zero-order chi connectivity index (χ0) is 11.5. The highest BCUT2D eigenvalue weighted by Crippen LogP contribution is 2.32. The number of carbonyl (C=O) groups excluding carboxylic acids is 1. The number of rotatable bonds is 4. The average molecular weight is 331 g/mol. The van der Waals surface area contributed by atoms with Gasteiger partial charge in [0.05, 0.1) is 0 Å². The summed E-state index contributed by atoms with van der Waals surface area (Å²) in [6.07, 6.45) is 5.69. The van der Waals surface area contributed by atoms with E-state index < -0.39 is 0 Å². The number of hydrogen-bond acceptors (Lipinski definition) is 2. The molecular weight excluding hydrogens is 317 g/mol. The summed E-state index contributed by atoms with van der Waals surface area (Å²) in [7, 11) is 0. The summed E-state index contributed by atoms with van der Waals surface area (Å²) in [5, 5.41) is 2.95. The van der Waals surface area contributed by atoms with Crippen LogP contribution in [0, 0.1) is 9.68 Å². The molecule has 1 amide bonds. The van der Waals surface area contributed by atoms with E-state index in [-0.39, 0.29) is 11.9 Å². The van der Waals surface area contributed by atoms with Crippen LogP contribution in [0.25, 0.3) is 6.08 Å². The minimum Gasteiger partial charge on any atom is -0.451 e. The molecule has 0 saturated heterocycles. The second-order valence-corrected chi connectivity index (χ2v) is 5.17. The highest BCUT2D eigenvalue weighted by molar-refractivity contribution is 14.1. The van der Waals surface area contributed by atoms with Crippen LogP contribution >= 0.6 is 22.6 Å². The van der Waals surface area contributed by atoms with Crippen LogP contribution in [0.15, 0.2) is 22.6 Å². The predicted molar refractivity (Wildman–Crippen MR) is 70.8 cm³/mol. The molecule has 0 spiro atoms. The number of furan rings is 1. The number of nitrogens with one attached hydrogen (secondary N) is 1. The Bertz CT molecular complexity index is 407. The minimum atomic E-state index is -0.0502. The normalized spacial score (nSPS) is 17.6. The van der Waals surface area contributed by atoms with Gasteiger partial charge in [0.2, 0.25) is 5.91 Å². The smallest absolute Gasteiger partial charge is 0.244 e. The Morgan fingerprint density at radius 2 is 2.38 bits per heavy atom. The van der Waals surface area contributed by atoms with Gasteiger partial charge in [-0.25, -0.2) is 0 Å². The van der Waals surface area contributed by atoms with Gasteiger partial charge in [0.1, 0.15) is 5.76 Å². The van der Waals surface area contributed by atoms with Gasteiger partial charge in [-0.05, 0) is 66.5 Å². The molecule has 4 heteroatoms. The Hall–Kier alpha value is -0.780. The molecule has 1 unspecified atom stereocenters. The second kappa shape index (κ2) is 5.03. The third-order valence-corrected chi connectivity index (χ3v) is 3.27. The maximum atomic E-state index is 11.5. The fraction of sp³-hybridized carbons (Fsp3) is 0.417. The van der Waals surface area contributed by atoms with E-state index in [1.807, 2.05) is 12.1 Å². The number of amides is 1. The van der Waals surface area contributed by atoms with Gasteiger partial charge in [0.15, 0.2) is 3.77 Å². The van der Waals surface area contributed by atoms with Crippen molar-refractivity contribution in [2.24, 2.45) is 5.92 Å². The van der Waals surface area contributed by atoms with E-state index >= 15 is 0 Å². The lowest BCUT2D eigenvalue weighted by Crippen LogP contribution is -2.32. The average Bonchev–Trinajstić information content (AvgIpc) is 3.00. The molecule has 86 valence electrons. The van der Waals surface area contributed by atoms with Crippen LogP contribution in [0.4, 0.5) is 0 Å². The fourth-order valence-electron chi connectivity index (χ4n) is 1.56. The van der Waals surface area contributed by atoms with Gasteiger partial charge in [-0.2, -0.15) is 0 Å². The first-order valence-corrected chi connectivity index (χ1v) is 6.47. The zero-order valence-electron chi connectivity index (χ0n) is 9.07. The molecule has 1 aliphatic rings. The highest BCUT2D eigenvalue weighted by Gasteiger charge is 2.28. The molecule has 3 nitrogen and oxygen atoms in total. The van der Waals surface area contributed by atoms with E-state index in [9.17, 15) is 4.79 Å². The van der Waals surface area contributed by atoms with E-state index in [1.165, 1.54) is 18.9 Å². The zero-order valence-corrected chi connectivity index (χ0v) is 11.2. The van der Waals surface area contributed by atoms with E-state index in [0.29, 0.717) is 11.7 Å². The van der Waals surface area contributed by atoms with Crippen molar-refractivity contribution in [2.75, 3.05) is 0 Å². The molecule has 1 aromatic rings. The van der Waals surface area contributed by atoms with Crippen molar-refractivity contribution in [3.8, 4) is 0 Å². The molecule has 1 N–H and O–H groups in total. The first-order valence-electron chi connectivity index (χ1n) is 5.39. The van der Waals surface area contributed by atoms with Crippen LogP contribution in [-0.4, -0.2) is 11.9 Å². The SMILES string of the molecule is CC(NC(=O)C=Cc1ccc(I)o1)C1CC1. The molecule has 0 aromatic carbocycles. The molecule has 1 aliphatic carbocycles. The van der Waals surface area contributed by atoms with Gasteiger partial charge in [-0.1, -0.05) is 0 Å². The summed E-state index contributed by atoms with van der Waals surface area (Å²) in [5.41, 5.74) is 0. The summed E-state index contributed by atoms with van der Waals surface area (Å²) in [4.78, 5) is 11.5. The van der Waals surface area contributed by atoms with Gasteiger partial charge in [-0.15, -0.1) is 0 Å². The van der Waals surface area contributed by atoms with Crippen LogP contribution in [0.3, 0.4) is 0 Å². The largest absolute Gasteiger partial charge is 0.451 e. The van der Waals surface area contributed by atoms with Crippen LogP contribution in [0.5, 0.6) is 0 Å². The van der Waals surface area contributed by atoms with Gasteiger partial charge in [0, 0.05) is 12.1 Å². The maximum Gasteiger partial charge on any atom is 0.244 e. The topological polar surface area (TPSA) is 42.2 Å². The predicted octanol–water partition coefficient (Wildman–Crippen LogP) is 2.81. The van der Waals surface area contributed by atoms with Crippen LogP contribution in [0.1, 0.15) is 25.5 Å². The van der Waals surface area contributed by atoms with Crippen molar-refractivity contribution in [3.63, 3.8) is 0 Å². The van der Waals surface area contributed by atoms with Crippen molar-refractivity contribution >= 4 is 34.6 Å². The lowest BCUT2D eigenvalue weighted by molar-refractivity contribution is -0.117. The van der Waals surface area contributed by atoms with Gasteiger partial charge >= 0.3 is 0 Å². The monoisotopic (exact) mass is 331 g/mol. The fourth-order valence-corrected chi connectivity index (χ4v) is 2.00. The van der Waals surface area contributed by atoms with Crippen LogP contribution < -0.4 is 5.32 Å². The number of hydrogen-bond donors (Lipinski definition) is 1. The lowest BCUT2D eigenvalue weighted by atomic mass is 10.2.